The lowest BCUT2D eigenvalue weighted by atomic mass is 9.88. The molecule has 1 atom stereocenters. The first kappa shape index (κ1) is 13.2. The van der Waals surface area contributed by atoms with Crippen molar-refractivity contribution >= 4 is 0 Å². The molecule has 1 unspecified atom stereocenters. The molecule has 90 valence electrons. The molecule has 0 aromatic heterocycles. The van der Waals surface area contributed by atoms with Gasteiger partial charge in [0.05, 0.1) is 0 Å². The highest BCUT2D eigenvalue weighted by Crippen LogP contribution is 2.18. The molecular formula is C14H23NO. The molecule has 2 heteroatoms. The average molecular weight is 221 g/mol. The predicted octanol–water partition coefficient (Wildman–Crippen LogP) is 2.49. The molecule has 0 bridgehead atoms. The van der Waals surface area contributed by atoms with Crippen LogP contribution in [0.3, 0.4) is 0 Å². The summed E-state index contributed by atoms with van der Waals surface area (Å²) < 4.78 is 0. The van der Waals surface area contributed by atoms with E-state index in [1.165, 1.54) is 11.1 Å². The molecule has 0 heterocycles. The summed E-state index contributed by atoms with van der Waals surface area (Å²) in [5.74, 6) is 0. The van der Waals surface area contributed by atoms with E-state index in [0.717, 1.165) is 19.5 Å². The third-order valence-corrected chi connectivity index (χ3v) is 3.36. The SMILES string of the molecule is CCC(C)(CO)CNCc1ccccc1C. The highest BCUT2D eigenvalue weighted by molar-refractivity contribution is 5.25. The predicted molar refractivity (Wildman–Crippen MR) is 68.4 cm³/mol. The molecule has 0 spiro atoms. The normalized spacial score (nSPS) is 14.8. The Bertz CT molecular complexity index is 318. The molecule has 0 saturated heterocycles. The van der Waals surface area contributed by atoms with Gasteiger partial charge in [0.15, 0.2) is 0 Å². The molecule has 1 aromatic rings. The van der Waals surface area contributed by atoms with E-state index in [1.54, 1.807) is 0 Å². The fraction of sp³-hybridized carbons (Fsp3) is 0.571. The molecule has 16 heavy (non-hydrogen) atoms. The monoisotopic (exact) mass is 221 g/mol. The van der Waals surface area contributed by atoms with Crippen LogP contribution in [-0.4, -0.2) is 18.3 Å². The molecule has 0 aliphatic heterocycles. The molecule has 0 aliphatic carbocycles. The number of hydrogen-bond donors (Lipinski definition) is 2. The molecule has 0 amide bonds. The van der Waals surface area contributed by atoms with E-state index in [4.69, 9.17) is 0 Å². The van der Waals surface area contributed by atoms with E-state index in [9.17, 15) is 5.11 Å². The standard InChI is InChI=1S/C14H23NO/c1-4-14(3,11-16)10-15-9-13-8-6-5-7-12(13)2/h5-8,15-16H,4,9-11H2,1-3H3. The molecule has 2 nitrogen and oxygen atoms in total. The zero-order valence-electron chi connectivity index (χ0n) is 10.6. The van der Waals surface area contributed by atoms with Gasteiger partial charge in [-0.1, -0.05) is 38.1 Å². The Morgan fingerprint density at radius 1 is 1.31 bits per heavy atom. The van der Waals surface area contributed by atoms with Gasteiger partial charge in [-0.15, -0.1) is 0 Å². The Balaban J connectivity index is 2.44. The number of aryl methyl sites for hydroxylation is 1. The lowest BCUT2D eigenvalue weighted by molar-refractivity contribution is 0.135. The molecule has 0 saturated carbocycles. The lowest BCUT2D eigenvalue weighted by Crippen LogP contribution is -2.34. The summed E-state index contributed by atoms with van der Waals surface area (Å²) in [6, 6.07) is 8.39. The first-order chi connectivity index (χ1) is 7.61. The van der Waals surface area contributed by atoms with E-state index < -0.39 is 0 Å². The molecule has 2 N–H and O–H groups in total. The summed E-state index contributed by atoms with van der Waals surface area (Å²) in [4.78, 5) is 0. The second kappa shape index (κ2) is 6.02. The molecule has 0 fully saturated rings. The third kappa shape index (κ3) is 3.62. The Kier molecular flexibility index (Phi) is 4.97. The van der Waals surface area contributed by atoms with Crippen LogP contribution in [0.4, 0.5) is 0 Å². The van der Waals surface area contributed by atoms with Crippen LogP contribution >= 0.6 is 0 Å². The fourth-order valence-electron chi connectivity index (χ4n) is 1.60. The quantitative estimate of drug-likeness (QED) is 0.773. The van der Waals surface area contributed by atoms with Gasteiger partial charge >= 0.3 is 0 Å². The maximum atomic E-state index is 9.30. The van der Waals surface area contributed by atoms with Gasteiger partial charge in [0.1, 0.15) is 0 Å². The third-order valence-electron chi connectivity index (χ3n) is 3.36. The fourth-order valence-corrected chi connectivity index (χ4v) is 1.60. The summed E-state index contributed by atoms with van der Waals surface area (Å²) in [6.45, 7) is 8.33. The van der Waals surface area contributed by atoms with Crippen molar-refractivity contribution in [3.05, 3.63) is 35.4 Å². The van der Waals surface area contributed by atoms with Crippen LogP contribution in [0.1, 0.15) is 31.4 Å². The largest absolute Gasteiger partial charge is 0.396 e. The highest BCUT2D eigenvalue weighted by Gasteiger charge is 2.19. The Hall–Kier alpha value is -0.860. The highest BCUT2D eigenvalue weighted by atomic mass is 16.3. The van der Waals surface area contributed by atoms with E-state index >= 15 is 0 Å². The Morgan fingerprint density at radius 3 is 2.56 bits per heavy atom. The smallest absolute Gasteiger partial charge is 0.0496 e. The van der Waals surface area contributed by atoms with Crippen molar-refractivity contribution < 1.29 is 5.11 Å². The zero-order chi connectivity index (χ0) is 12.0. The van der Waals surface area contributed by atoms with Crippen molar-refractivity contribution in [3.8, 4) is 0 Å². The second-order valence-electron chi connectivity index (χ2n) is 4.85. The van der Waals surface area contributed by atoms with Gasteiger partial charge in [-0.25, -0.2) is 0 Å². The number of hydrogen-bond acceptors (Lipinski definition) is 2. The van der Waals surface area contributed by atoms with Crippen molar-refractivity contribution in [2.24, 2.45) is 5.41 Å². The van der Waals surface area contributed by atoms with Gasteiger partial charge in [0.25, 0.3) is 0 Å². The number of rotatable bonds is 6. The van der Waals surface area contributed by atoms with Crippen molar-refractivity contribution in [1.82, 2.24) is 5.32 Å². The van der Waals surface area contributed by atoms with Gasteiger partial charge in [-0.05, 0) is 24.5 Å². The number of benzene rings is 1. The minimum atomic E-state index is 0.00266. The molecule has 0 radical (unpaired) electrons. The summed E-state index contributed by atoms with van der Waals surface area (Å²) in [5.41, 5.74) is 2.65. The minimum Gasteiger partial charge on any atom is -0.396 e. The molecular weight excluding hydrogens is 198 g/mol. The van der Waals surface area contributed by atoms with Gasteiger partial charge in [-0.2, -0.15) is 0 Å². The summed E-state index contributed by atoms with van der Waals surface area (Å²) >= 11 is 0. The van der Waals surface area contributed by atoms with Crippen LogP contribution in [0.25, 0.3) is 0 Å². The summed E-state index contributed by atoms with van der Waals surface area (Å²) in [5, 5.41) is 12.7. The van der Waals surface area contributed by atoms with Crippen LogP contribution in [-0.2, 0) is 6.54 Å². The second-order valence-corrected chi connectivity index (χ2v) is 4.85. The average Bonchev–Trinajstić information content (AvgIpc) is 2.31. The van der Waals surface area contributed by atoms with Crippen molar-refractivity contribution in [1.29, 1.82) is 0 Å². The van der Waals surface area contributed by atoms with E-state index in [1.807, 2.05) is 0 Å². The maximum absolute atomic E-state index is 9.30. The minimum absolute atomic E-state index is 0.00266. The Morgan fingerprint density at radius 2 is 2.00 bits per heavy atom. The number of nitrogens with one attached hydrogen (secondary N) is 1. The van der Waals surface area contributed by atoms with Crippen LogP contribution in [0.2, 0.25) is 0 Å². The van der Waals surface area contributed by atoms with Crippen molar-refractivity contribution in [2.45, 2.75) is 33.7 Å². The molecule has 1 rings (SSSR count). The summed E-state index contributed by atoms with van der Waals surface area (Å²) in [6.07, 6.45) is 0.990. The van der Waals surface area contributed by atoms with Gasteiger partial charge in [0.2, 0.25) is 0 Å². The van der Waals surface area contributed by atoms with Crippen LogP contribution in [0.15, 0.2) is 24.3 Å². The van der Waals surface area contributed by atoms with E-state index in [0.29, 0.717) is 0 Å². The van der Waals surface area contributed by atoms with Crippen molar-refractivity contribution in [2.75, 3.05) is 13.2 Å². The topological polar surface area (TPSA) is 32.3 Å². The Labute approximate surface area is 98.7 Å². The molecule has 0 aliphatic rings. The molecule has 1 aromatic carbocycles. The summed E-state index contributed by atoms with van der Waals surface area (Å²) in [7, 11) is 0. The van der Waals surface area contributed by atoms with Crippen LogP contribution in [0, 0.1) is 12.3 Å². The number of aliphatic hydroxyl groups is 1. The van der Waals surface area contributed by atoms with Crippen LogP contribution in [0.5, 0.6) is 0 Å². The number of aliphatic hydroxyl groups excluding tert-OH is 1. The van der Waals surface area contributed by atoms with Gasteiger partial charge in [0, 0.05) is 25.1 Å². The first-order valence-electron chi connectivity index (χ1n) is 5.97. The zero-order valence-corrected chi connectivity index (χ0v) is 10.6. The van der Waals surface area contributed by atoms with E-state index in [-0.39, 0.29) is 12.0 Å². The lowest BCUT2D eigenvalue weighted by Gasteiger charge is -2.26. The van der Waals surface area contributed by atoms with E-state index in [2.05, 4.69) is 50.4 Å². The first-order valence-corrected chi connectivity index (χ1v) is 5.97. The van der Waals surface area contributed by atoms with Crippen LogP contribution < -0.4 is 5.32 Å². The van der Waals surface area contributed by atoms with Gasteiger partial charge < -0.3 is 10.4 Å². The van der Waals surface area contributed by atoms with Gasteiger partial charge in [-0.3, -0.25) is 0 Å². The maximum Gasteiger partial charge on any atom is 0.0496 e. The van der Waals surface area contributed by atoms with Crippen molar-refractivity contribution in [3.63, 3.8) is 0 Å².